The summed E-state index contributed by atoms with van der Waals surface area (Å²) in [7, 11) is 2.97. The quantitative estimate of drug-likeness (QED) is 0.597. The van der Waals surface area contributed by atoms with Gasteiger partial charge in [-0.2, -0.15) is 9.90 Å². The molecule has 0 bridgehead atoms. The van der Waals surface area contributed by atoms with Gasteiger partial charge < -0.3 is 9.64 Å². The zero-order chi connectivity index (χ0) is 13.8. The number of hydrogen-bond acceptors (Lipinski definition) is 5. The third-order valence-corrected chi connectivity index (χ3v) is 2.23. The van der Waals surface area contributed by atoms with E-state index in [9.17, 15) is 9.59 Å². The van der Waals surface area contributed by atoms with Crippen LogP contribution in [0, 0.1) is 0 Å². The van der Waals surface area contributed by atoms with E-state index in [1.165, 1.54) is 25.1 Å². The molecule has 0 aliphatic carbocycles. The van der Waals surface area contributed by atoms with Gasteiger partial charge in [0.2, 0.25) is 0 Å². The Hall–Kier alpha value is -2.70. The molecule has 7 heteroatoms. The van der Waals surface area contributed by atoms with Crippen molar-refractivity contribution >= 4 is 12.1 Å². The summed E-state index contributed by atoms with van der Waals surface area (Å²) in [6.45, 7) is 0. The number of hydrogen-bond donors (Lipinski definition) is 0. The summed E-state index contributed by atoms with van der Waals surface area (Å²) >= 11 is 0. The highest BCUT2D eigenvalue weighted by atomic mass is 16.6. The first-order valence-electron chi connectivity index (χ1n) is 5.49. The second-order valence-electron chi connectivity index (χ2n) is 3.90. The fourth-order valence-corrected chi connectivity index (χ4v) is 1.27. The average Bonchev–Trinajstić information content (AvgIpc) is 2.89. The third-order valence-electron chi connectivity index (χ3n) is 2.23. The zero-order valence-electron chi connectivity index (χ0n) is 10.5. The van der Waals surface area contributed by atoms with Crippen molar-refractivity contribution in [1.82, 2.24) is 19.9 Å². The zero-order valence-corrected chi connectivity index (χ0v) is 10.5. The molecule has 0 atom stereocenters. The molecule has 98 valence electrons. The summed E-state index contributed by atoms with van der Waals surface area (Å²) in [5.74, 6) is -0.833. The SMILES string of the molecule is CN(C)C(=O)OC(=O)c1cnn(-c2ccccc2)n1. The summed E-state index contributed by atoms with van der Waals surface area (Å²) in [4.78, 5) is 25.3. The predicted molar refractivity (Wildman–Crippen MR) is 65.9 cm³/mol. The highest BCUT2D eigenvalue weighted by Crippen LogP contribution is 2.05. The van der Waals surface area contributed by atoms with Gasteiger partial charge in [-0.05, 0) is 12.1 Å². The first-order valence-corrected chi connectivity index (χ1v) is 5.49. The Morgan fingerprint density at radius 1 is 1.21 bits per heavy atom. The predicted octanol–water partition coefficient (Wildman–Crippen LogP) is 1.11. The van der Waals surface area contributed by atoms with Crippen LogP contribution in [0.3, 0.4) is 0 Å². The van der Waals surface area contributed by atoms with E-state index < -0.39 is 12.1 Å². The van der Waals surface area contributed by atoms with Crippen molar-refractivity contribution in [3.63, 3.8) is 0 Å². The highest BCUT2D eigenvalue weighted by molar-refractivity contribution is 5.94. The van der Waals surface area contributed by atoms with Crippen molar-refractivity contribution in [3.05, 3.63) is 42.2 Å². The van der Waals surface area contributed by atoms with Gasteiger partial charge in [0.1, 0.15) is 0 Å². The Kier molecular flexibility index (Phi) is 3.56. The second-order valence-corrected chi connectivity index (χ2v) is 3.90. The molecule has 0 radical (unpaired) electrons. The topological polar surface area (TPSA) is 77.3 Å². The molecule has 2 aromatic rings. The van der Waals surface area contributed by atoms with E-state index in [1.54, 1.807) is 12.1 Å². The van der Waals surface area contributed by atoms with Crippen molar-refractivity contribution in [3.8, 4) is 5.69 Å². The van der Waals surface area contributed by atoms with E-state index in [2.05, 4.69) is 14.9 Å². The minimum Gasteiger partial charge on any atom is -0.371 e. The van der Waals surface area contributed by atoms with Crippen LogP contribution in [0.2, 0.25) is 0 Å². The van der Waals surface area contributed by atoms with E-state index in [4.69, 9.17) is 0 Å². The minimum absolute atomic E-state index is 0.0287. The summed E-state index contributed by atoms with van der Waals surface area (Å²) in [6, 6.07) is 9.09. The van der Waals surface area contributed by atoms with Gasteiger partial charge in [-0.15, -0.1) is 5.10 Å². The third kappa shape index (κ3) is 2.95. The molecule has 1 heterocycles. The number of nitrogens with zero attached hydrogens (tertiary/aromatic N) is 4. The lowest BCUT2D eigenvalue weighted by molar-refractivity contribution is 0.0566. The fourth-order valence-electron chi connectivity index (χ4n) is 1.27. The van der Waals surface area contributed by atoms with E-state index in [-0.39, 0.29) is 5.69 Å². The van der Waals surface area contributed by atoms with Crippen molar-refractivity contribution in [2.24, 2.45) is 0 Å². The molecular formula is C12H12N4O3. The van der Waals surface area contributed by atoms with Crippen LogP contribution in [-0.2, 0) is 4.74 Å². The summed E-state index contributed by atoms with van der Waals surface area (Å²) in [6.07, 6.45) is 0.498. The molecule has 0 N–H and O–H groups in total. The number of amides is 1. The molecule has 0 aliphatic rings. The van der Waals surface area contributed by atoms with E-state index in [0.29, 0.717) is 5.69 Å². The van der Waals surface area contributed by atoms with Crippen LogP contribution in [0.1, 0.15) is 10.5 Å². The van der Waals surface area contributed by atoms with Crippen molar-refractivity contribution in [2.45, 2.75) is 0 Å². The number of esters is 1. The van der Waals surface area contributed by atoms with E-state index >= 15 is 0 Å². The molecule has 0 unspecified atom stereocenters. The Morgan fingerprint density at radius 2 is 1.89 bits per heavy atom. The van der Waals surface area contributed by atoms with Gasteiger partial charge in [0, 0.05) is 14.1 Å². The van der Waals surface area contributed by atoms with Gasteiger partial charge in [-0.1, -0.05) is 18.2 Å². The van der Waals surface area contributed by atoms with Gasteiger partial charge >= 0.3 is 12.1 Å². The lowest BCUT2D eigenvalue weighted by atomic mass is 10.3. The van der Waals surface area contributed by atoms with Crippen molar-refractivity contribution in [2.75, 3.05) is 14.1 Å². The van der Waals surface area contributed by atoms with Crippen LogP contribution in [0.25, 0.3) is 5.69 Å². The maximum atomic E-state index is 11.6. The van der Waals surface area contributed by atoms with Crippen LogP contribution in [0.5, 0.6) is 0 Å². The molecule has 1 aromatic heterocycles. The molecule has 1 amide bonds. The van der Waals surface area contributed by atoms with E-state index in [0.717, 1.165) is 4.90 Å². The molecule has 7 nitrogen and oxygen atoms in total. The second kappa shape index (κ2) is 5.30. The Bertz CT molecular complexity index is 592. The molecule has 0 fully saturated rings. The smallest absolute Gasteiger partial charge is 0.371 e. The van der Waals surface area contributed by atoms with Crippen LogP contribution < -0.4 is 0 Å². The normalized spacial score (nSPS) is 10.0. The number of rotatable bonds is 2. The van der Waals surface area contributed by atoms with Crippen LogP contribution in [0.4, 0.5) is 4.79 Å². The molecule has 0 saturated heterocycles. The maximum absolute atomic E-state index is 11.6. The lowest BCUT2D eigenvalue weighted by Gasteiger charge is -2.07. The molecule has 0 aliphatic heterocycles. The molecule has 19 heavy (non-hydrogen) atoms. The number of carbonyl (C=O) groups is 2. The maximum Gasteiger partial charge on any atom is 0.417 e. The number of ether oxygens (including phenoxy) is 1. The van der Waals surface area contributed by atoms with Gasteiger partial charge in [-0.25, -0.2) is 9.59 Å². The summed E-state index contributed by atoms with van der Waals surface area (Å²) in [5.41, 5.74) is 0.680. The summed E-state index contributed by atoms with van der Waals surface area (Å²) in [5, 5.41) is 7.89. The molecule has 2 rings (SSSR count). The lowest BCUT2D eigenvalue weighted by Crippen LogP contribution is -2.25. The minimum atomic E-state index is -0.833. The molecule has 1 aromatic carbocycles. The van der Waals surface area contributed by atoms with Crippen molar-refractivity contribution in [1.29, 1.82) is 0 Å². The number of aromatic nitrogens is 3. The molecular weight excluding hydrogens is 248 g/mol. The van der Waals surface area contributed by atoms with Crippen LogP contribution in [0.15, 0.2) is 36.5 Å². The summed E-state index contributed by atoms with van der Waals surface area (Å²) < 4.78 is 4.58. The Balaban J connectivity index is 2.13. The molecule has 0 saturated carbocycles. The Labute approximate surface area is 109 Å². The van der Waals surface area contributed by atoms with Gasteiger partial charge in [-0.3, -0.25) is 0 Å². The first-order chi connectivity index (χ1) is 9.08. The Morgan fingerprint density at radius 3 is 2.53 bits per heavy atom. The average molecular weight is 260 g/mol. The van der Waals surface area contributed by atoms with Gasteiger partial charge in [0.15, 0.2) is 5.69 Å². The van der Waals surface area contributed by atoms with E-state index in [1.807, 2.05) is 18.2 Å². The van der Waals surface area contributed by atoms with Gasteiger partial charge in [0.25, 0.3) is 0 Å². The highest BCUT2D eigenvalue weighted by Gasteiger charge is 2.18. The fraction of sp³-hybridized carbons (Fsp3) is 0.167. The molecule has 0 spiro atoms. The first kappa shape index (κ1) is 12.7. The largest absolute Gasteiger partial charge is 0.417 e. The monoisotopic (exact) mass is 260 g/mol. The number of carbonyl (C=O) groups excluding carboxylic acids is 2. The van der Waals surface area contributed by atoms with Crippen LogP contribution >= 0.6 is 0 Å². The number of benzene rings is 1. The standard InChI is InChI=1S/C12H12N4O3/c1-15(2)12(18)19-11(17)10-8-13-16(14-10)9-6-4-3-5-7-9/h3-8H,1-2H3. The van der Waals surface area contributed by atoms with Crippen molar-refractivity contribution < 1.29 is 14.3 Å². The number of para-hydroxylation sites is 1. The van der Waals surface area contributed by atoms with Crippen LogP contribution in [-0.4, -0.2) is 46.1 Å². The van der Waals surface area contributed by atoms with Gasteiger partial charge in [0.05, 0.1) is 11.9 Å².